The second-order valence-electron chi connectivity index (χ2n) is 3.11. The Morgan fingerprint density at radius 3 is 2.10 bits per heavy atom. The third-order valence-corrected chi connectivity index (χ3v) is 1.84. The van der Waals surface area contributed by atoms with Crippen LogP contribution in [0.15, 0.2) is 0 Å². The molecule has 0 aromatic rings. The van der Waals surface area contributed by atoms with Crippen LogP contribution in [-0.4, -0.2) is 17.7 Å². The molecule has 0 aromatic heterocycles. The molecular weight excluding hydrogens is 129 g/mol. The summed E-state index contributed by atoms with van der Waals surface area (Å²) in [5.41, 5.74) is 0. The highest BCUT2D eigenvalue weighted by molar-refractivity contribution is 4.62. The largest absolute Gasteiger partial charge is 0.143 e. The molecule has 1 atom stereocenters. The van der Waals surface area contributed by atoms with E-state index in [-0.39, 0.29) is 6.04 Å². The van der Waals surface area contributed by atoms with Gasteiger partial charge in [-0.1, -0.05) is 20.8 Å². The van der Waals surface area contributed by atoms with Gasteiger partial charge in [-0.2, -0.15) is 0 Å². The van der Waals surface area contributed by atoms with Crippen molar-refractivity contribution in [1.82, 2.24) is 5.12 Å². The molecule has 2 heteroatoms. The molecule has 0 aromatic carbocycles. The summed E-state index contributed by atoms with van der Waals surface area (Å²) in [6, 6.07) is 0.0555. The van der Waals surface area contributed by atoms with Crippen LogP contribution in [-0.2, 0) is 0 Å². The number of halogens is 1. The fourth-order valence-electron chi connectivity index (χ4n) is 0.741. The molecular formula is C8H18FN. The molecule has 0 saturated heterocycles. The highest BCUT2D eigenvalue weighted by atomic mass is 19.2. The Bertz CT molecular complexity index is 83.3. The second-order valence-corrected chi connectivity index (χ2v) is 3.11. The molecule has 0 amide bonds. The van der Waals surface area contributed by atoms with Crippen LogP contribution in [0.2, 0.25) is 0 Å². The van der Waals surface area contributed by atoms with Gasteiger partial charge in [0.1, 0.15) is 0 Å². The first-order valence-corrected chi connectivity index (χ1v) is 4.02. The first kappa shape index (κ1) is 9.89. The van der Waals surface area contributed by atoms with Gasteiger partial charge in [-0.25, -0.2) is 0 Å². The number of hydrogen-bond donors (Lipinski definition) is 0. The summed E-state index contributed by atoms with van der Waals surface area (Å²) in [5.74, 6) is 0.400. The Kier molecular flexibility index (Phi) is 4.62. The number of hydrogen-bond acceptors (Lipinski definition) is 1. The van der Waals surface area contributed by atoms with Crippen LogP contribution in [0.5, 0.6) is 0 Å². The monoisotopic (exact) mass is 147 g/mol. The van der Waals surface area contributed by atoms with Crippen molar-refractivity contribution in [2.45, 2.75) is 40.2 Å². The smallest absolute Gasteiger partial charge is 0.0397 e. The van der Waals surface area contributed by atoms with Crippen LogP contribution in [0.25, 0.3) is 0 Å². The van der Waals surface area contributed by atoms with Gasteiger partial charge in [0, 0.05) is 12.6 Å². The van der Waals surface area contributed by atoms with Crippen LogP contribution >= 0.6 is 0 Å². The molecule has 0 radical (unpaired) electrons. The lowest BCUT2D eigenvalue weighted by molar-refractivity contribution is -0.0318. The van der Waals surface area contributed by atoms with Gasteiger partial charge >= 0.3 is 0 Å². The molecule has 0 heterocycles. The first-order valence-electron chi connectivity index (χ1n) is 4.02. The lowest BCUT2D eigenvalue weighted by atomic mass is 10.1. The summed E-state index contributed by atoms with van der Waals surface area (Å²) in [5, 5.41) is 0.921. The van der Waals surface area contributed by atoms with Gasteiger partial charge in [-0.15, -0.1) is 9.60 Å². The van der Waals surface area contributed by atoms with E-state index in [2.05, 4.69) is 0 Å². The maximum atomic E-state index is 12.9. The molecule has 0 saturated carbocycles. The van der Waals surface area contributed by atoms with Crippen molar-refractivity contribution in [3.05, 3.63) is 0 Å². The molecule has 0 rings (SSSR count). The van der Waals surface area contributed by atoms with Gasteiger partial charge < -0.3 is 0 Å². The van der Waals surface area contributed by atoms with Crippen LogP contribution < -0.4 is 0 Å². The predicted octanol–water partition coefficient (Wildman–Crippen LogP) is 2.63. The first-order chi connectivity index (χ1) is 4.59. The van der Waals surface area contributed by atoms with Crippen molar-refractivity contribution in [3.63, 3.8) is 0 Å². The lowest BCUT2D eigenvalue weighted by Gasteiger charge is -2.22. The van der Waals surface area contributed by atoms with Crippen LogP contribution in [0, 0.1) is 5.92 Å². The summed E-state index contributed by atoms with van der Waals surface area (Å²) in [6.45, 7) is 8.53. The third kappa shape index (κ3) is 3.16. The van der Waals surface area contributed by atoms with E-state index in [4.69, 9.17) is 0 Å². The summed E-state index contributed by atoms with van der Waals surface area (Å²) >= 11 is 0. The van der Waals surface area contributed by atoms with Gasteiger partial charge in [0.25, 0.3) is 0 Å². The zero-order valence-electron chi connectivity index (χ0n) is 7.39. The Hall–Kier alpha value is -0.110. The van der Waals surface area contributed by atoms with E-state index in [0.717, 1.165) is 11.5 Å². The minimum Gasteiger partial charge on any atom is -0.143 e. The molecule has 0 aliphatic heterocycles. The van der Waals surface area contributed by atoms with Gasteiger partial charge in [0.15, 0.2) is 0 Å². The predicted molar refractivity (Wildman–Crippen MR) is 42.4 cm³/mol. The number of rotatable bonds is 4. The van der Waals surface area contributed by atoms with Crippen molar-refractivity contribution >= 4 is 0 Å². The maximum Gasteiger partial charge on any atom is 0.0397 e. The molecule has 10 heavy (non-hydrogen) atoms. The van der Waals surface area contributed by atoms with E-state index in [1.54, 1.807) is 0 Å². The van der Waals surface area contributed by atoms with Crippen molar-refractivity contribution < 1.29 is 4.48 Å². The lowest BCUT2D eigenvalue weighted by Crippen LogP contribution is -2.30. The third-order valence-electron chi connectivity index (χ3n) is 1.84. The van der Waals surface area contributed by atoms with E-state index in [1.165, 1.54) is 0 Å². The zero-order valence-corrected chi connectivity index (χ0v) is 7.39. The Morgan fingerprint density at radius 1 is 1.30 bits per heavy atom. The van der Waals surface area contributed by atoms with Crippen molar-refractivity contribution in [2.24, 2.45) is 5.92 Å². The molecule has 1 nitrogen and oxygen atoms in total. The fraction of sp³-hybridized carbons (Fsp3) is 1.00. The zero-order chi connectivity index (χ0) is 8.15. The van der Waals surface area contributed by atoms with Crippen LogP contribution in [0.1, 0.15) is 34.1 Å². The van der Waals surface area contributed by atoms with E-state index in [1.807, 2.05) is 27.7 Å². The minimum absolute atomic E-state index is 0.0555. The summed E-state index contributed by atoms with van der Waals surface area (Å²) in [4.78, 5) is 0. The summed E-state index contributed by atoms with van der Waals surface area (Å²) < 4.78 is 12.9. The van der Waals surface area contributed by atoms with Crippen LogP contribution in [0.3, 0.4) is 0 Å². The Balaban J connectivity index is 3.58. The minimum atomic E-state index is 0.0555. The summed E-state index contributed by atoms with van der Waals surface area (Å²) in [7, 11) is 0. The fourth-order valence-corrected chi connectivity index (χ4v) is 0.741. The molecule has 62 valence electrons. The van der Waals surface area contributed by atoms with Gasteiger partial charge in [-0.3, -0.25) is 0 Å². The van der Waals surface area contributed by atoms with Gasteiger partial charge in [0.05, 0.1) is 0 Å². The molecule has 0 aliphatic rings. The molecule has 0 spiro atoms. The highest BCUT2D eigenvalue weighted by Crippen LogP contribution is 2.10. The molecule has 0 fully saturated rings. The molecule has 1 unspecified atom stereocenters. The molecule has 0 aliphatic carbocycles. The Labute approximate surface area is 63.2 Å². The average Bonchev–Trinajstić information content (AvgIpc) is 1.87. The van der Waals surface area contributed by atoms with Crippen molar-refractivity contribution in [2.75, 3.05) is 6.54 Å². The Morgan fingerprint density at radius 2 is 1.80 bits per heavy atom. The van der Waals surface area contributed by atoms with Gasteiger partial charge in [0.2, 0.25) is 0 Å². The second kappa shape index (κ2) is 4.67. The summed E-state index contributed by atoms with van der Waals surface area (Å²) in [6.07, 6.45) is 0.883. The SMILES string of the molecule is CCCN(F)C(C)C(C)C. The van der Waals surface area contributed by atoms with E-state index in [0.29, 0.717) is 12.5 Å². The van der Waals surface area contributed by atoms with Crippen molar-refractivity contribution in [3.8, 4) is 0 Å². The molecule has 0 bridgehead atoms. The average molecular weight is 147 g/mol. The topological polar surface area (TPSA) is 3.24 Å². The maximum absolute atomic E-state index is 12.9. The van der Waals surface area contributed by atoms with E-state index >= 15 is 0 Å². The molecule has 0 N–H and O–H groups in total. The standard InChI is InChI=1S/C8H18FN/c1-5-6-10(9)8(4)7(2)3/h7-8H,5-6H2,1-4H3. The van der Waals surface area contributed by atoms with Crippen molar-refractivity contribution in [1.29, 1.82) is 0 Å². The normalized spacial score (nSPS) is 14.7. The highest BCUT2D eigenvalue weighted by Gasteiger charge is 2.14. The number of nitrogens with zero attached hydrogens (tertiary/aromatic N) is 1. The van der Waals surface area contributed by atoms with Gasteiger partial charge in [-0.05, 0) is 19.3 Å². The quantitative estimate of drug-likeness (QED) is 0.552. The van der Waals surface area contributed by atoms with E-state index < -0.39 is 0 Å². The van der Waals surface area contributed by atoms with E-state index in [9.17, 15) is 4.48 Å². The van der Waals surface area contributed by atoms with Crippen LogP contribution in [0.4, 0.5) is 4.48 Å².